The van der Waals surface area contributed by atoms with Crippen molar-refractivity contribution in [3.8, 4) is 17.2 Å². The van der Waals surface area contributed by atoms with Gasteiger partial charge < -0.3 is 14.2 Å². The number of esters is 1. The second-order valence-corrected chi connectivity index (χ2v) is 13.5. The molecule has 0 unspecified atom stereocenters. The van der Waals surface area contributed by atoms with E-state index in [0.717, 1.165) is 36.6 Å². The first-order valence-corrected chi connectivity index (χ1v) is 15.4. The summed E-state index contributed by atoms with van der Waals surface area (Å²) in [6.07, 6.45) is 8.16. The third kappa shape index (κ3) is 5.30. The van der Waals surface area contributed by atoms with Crippen LogP contribution in [0.25, 0.3) is 6.08 Å². The van der Waals surface area contributed by atoms with Crippen LogP contribution < -0.4 is 14.2 Å². The highest BCUT2D eigenvalue weighted by molar-refractivity contribution is 9.10. The van der Waals surface area contributed by atoms with Gasteiger partial charge in [0.05, 0.1) is 28.4 Å². The van der Waals surface area contributed by atoms with Crippen LogP contribution in [0.3, 0.4) is 0 Å². The molecule has 2 amide bonds. The normalized spacial score (nSPS) is 27.9. The number of methoxy groups -OCH3 is 1. The van der Waals surface area contributed by atoms with Crippen LogP contribution in [0, 0.1) is 30.1 Å². The summed E-state index contributed by atoms with van der Waals surface area (Å²) in [5, 5.41) is -0.337. The second kappa shape index (κ2) is 10.9. The molecule has 210 valence electrons. The van der Waals surface area contributed by atoms with Gasteiger partial charge in [-0.25, -0.2) is 0 Å². The monoisotopic (exact) mass is 625 g/mol. The summed E-state index contributed by atoms with van der Waals surface area (Å²) >= 11 is 4.45. The number of carbonyl (C=O) groups excluding carboxylic acids is 3. The van der Waals surface area contributed by atoms with Gasteiger partial charge in [0.2, 0.25) is 0 Å². The van der Waals surface area contributed by atoms with E-state index in [4.69, 9.17) is 14.2 Å². The van der Waals surface area contributed by atoms with E-state index in [2.05, 4.69) is 15.9 Å². The summed E-state index contributed by atoms with van der Waals surface area (Å²) in [5.41, 5.74) is 1.39. The maximum atomic E-state index is 13.5. The van der Waals surface area contributed by atoms with Crippen molar-refractivity contribution in [2.24, 2.45) is 23.2 Å². The Morgan fingerprint density at radius 1 is 1.07 bits per heavy atom. The van der Waals surface area contributed by atoms with E-state index in [0.29, 0.717) is 49.9 Å². The molecule has 2 aromatic carbocycles. The molecule has 2 aromatic rings. The molecule has 7 nitrogen and oxygen atoms in total. The zero-order valence-corrected chi connectivity index (χ0v) is 25.0. The van der Waals surface area contributed by atoms with Crippen LogP contribution in [0.2, 0.25) is 0 Å². The molecule has 0 aromatic heterocycles. The van der Waals surface area contributed by atoms with E-state index < -0.39 is 0 Å². The second-order valence-electron chi connectivity index (χ2n) is 11.6. The lowest BCUT2D eigenvalue weighted by Crippen LogP contribution is -2.51. The minimum Gasteiger partial charge on any atom is -0.493 e. The Kier molecular flexibility index (Phi) is 7.46. The fourth-order valence-electron chi connectivity index (χ4n) is 7.22. The number of halogens is 1. The lowest BCUT2D eigenvalue weighted by molar-refractivity contribution is -0.161. The Morgan fingerprint density at radius 3 is 2.35 bits per heavy atom. The number of carbonyl (C=O) groups is 3. The van der Waals surface area contributed by atoms with Crippen LogP contribution in [0.5, 0.6) is 17.2 Å². The standard InChI is InChI=1S/C31H32BrNO6S/c1-18-3-5-23(6-4-18)38-8-7-33-28(34)26(40-30(33)36)14-19-12-24(32)27(25(13-19)37-2)39-29(35)31-15-20-9-21(16-31)11-22(10-20)17-31/h3-6,12-14,20-22H,7-11,15-17H2,1-2H3/b26-14-. The molecule has 0 radical (unpaired) electrons. The summed E-state index contributed by atoms with van der Waals surface area (Å²) < 4.78 is 17.9. The smallest absolute Gasteiger partial charge is 0.317 e. The van der Waals surface area contributed by atoms with Crippen molar-refractivity contribution < 1.29 is 28.6 Å². The van der Waals surface area contributed by atoms with Gasteiger partial charge in [0, 0.05) is 0 Å². The number of aryl methyl sites for hydroxylation is 1. The van der Waals surface area contributed by atoms with Gasteiger partial charge in [0.25, 0.3) is 11.1 Å². The molecule has 5 fully saturated rings. The Hall–Kier alpha value is -2.78. The van der Waals surface area contributed by atoms with Gasteiger partial charge >= 0.3 is 5.97 Å². The molecule has 9 heteroatoms. The number of benzene rings is 2. The van der Waals surface area contributed by atoms with Gasteiger partial charge in [-0.3, -0.25) is 19.3 Å². The van der Waals surface area contributed by atoms with Crippen molar-refractivity contribution in [2.45, 2.75) is 45.4 Å². The van der Waals surface area contributed by atoms with Gasteiger partial charge in [0.15, 0.2) is 11.5 Å². The van der Waals surface area contributed by atoms with E-state index in [-0.39, 0.29) is 35.7 Å². The van der Waals surface area contributed by atoms with Crippen molar-refractivity contribution in [2.75, 3.05) is 20.3 Å². The number of thioether (sulfide) groups is 1. The highest BCUT2D eigenvalue weighted by atomic mass is 79.9. The van der Waals surface area contributed by atoms with Crippen molar-refractivity contribution >= 4 is 50.9 Å². The number of hydrogen-bond donors (Lipinski definition) is 0. The first-order chi connectivity index (χ1) is 19.2. The average molecular weight is 627 g/mol. The number of hydrogen-bond acceptors (Lipinski definition) is 7. The lowest BCUT2D eigenvalue weighted by Gasteiger charge is -2.55. The van der Waals surface area contributed by atoms with E-state index >= 15 is 0 Å². The van der Waals surface area contributed by atoms with Crippen LogP contribution in [0.1, 0.15) is 49.7 Å². The molecule has 0 atom stereocenters. The summed E-state index contributed by atoms with van der Waals surface area (Å²) in [7, 11) is 1.52. The summed E-state index contributed by atoms with van der Waals surface area (Å²) in [6, 6.07) is 11.1. The molecule has 7 rings (SSSR count). The fraction of sp³-hybridized carbons (Fsp3) is 0.452. The maximum absolute atomic E-state index is 13.5. The quantitative estimate of drug-likeness (QED) is 0.177. The Morgan fingerprint density at radius 2 is 1.73 bits per heavy atom. The summed E-state index contributed by atoms with van der Waals surface area (Å²) in [6.45, 7) is 2.35. The maximum Gasteiger partial charge on any atom is 0.317 e. The van der Waals surface area contributed by atoms with E-state index in [1.165, 1.54) is 31.3 Å². The van der Waals surface area contributed by atoms with E-state index in [1.54, 1.807) is 18.2 Å². The van der Waals surface area contributed by atoms with E-state index in [9.17, 15) is 14.4 Å². The minimum absolute atomic E-state index is 0.155. The molecule has 40 heavy (non-hydrogen) atoms. The molecule has 0 N–H and O–H groups in total. The lowest BCUT2D eigenvalue weighted by atomic mass is 9.49. The molecule has 1 aliphatic heterocycles. The van der Waals surface area contributed by atoms with Crippen molar-refractivity contribution in [3.63, 3.8) is 0 Å². The Bertz CT molecular complexity index is 1350. The predicted molar refractivity (Wildman–Crippen MR) is 156 cm³/mol. The van der Waals surface area contributed by atoms with Gasteiger partial charge in [-0.15, -0.1) is 0 Å². The number of rotatable bonds is 8. The van der Waals surface area contributed by atoms with Gasteiger partial charge in [0.1, 0.15) is 12.4 Å². The highest BCUT2D eigenvalue weighted by Crippen LogP contribution is 2.60. The van der Waals surface area contributed by atoms with Crippen molar-refractivity contribution in [1.82, 2.24) is 4.90 Å². The minimum atomic E-state index is -0.389. The SMILES string of the molecule is COc1cc(/C=C2\SC(=O)N(CCOc3ccc(C)cc3)C2=O)cc(Br)c1OC(=O)C12CC3CC(CC(C3)C1)C2. The number of amides is 2. The van der Waals surface area contributed by atoms with Crippen LogP contribution in [-0.2, 0) is 9.59 Å². The summed E-state index contributed by atoms with van der Waals surface area (Å²) in [5.74, 6) is 2.81. The average Bonchev–Trinajstić information content (AvgIpc) is 3.17. The van der Waals surface area contributed by atoms with Gasteiger partial charge in [-0.1, -0.05) is 17.7 Å². The zero-order valence-electron chi connectivity index (χ0n) is 22.6. The van der Waals surface area contributed by atoms with Crippen molar-refractivity contribution in [3.05, 3.63) is 56.9 Å². The Labute approximate surface area is 246 Å². The largest absolute Gasteiger partial charge is 0.493 e. The summed E-state index contributed by atoms with van der Waals surface area (Å²) in [4.78, 5) is 40.6. The van der Waals surface area contributed by atoms with Crippen LogP contribution in [0.4, 0.5) is 4.79 Å². The van der Waals surface area contributed by atoms with Crippen LogP contribution in [0.15, 0.2) is 45.8 Å². The van der Waals surface area contributed by atoms with Crippen LogP contribution in [-0.4, -0.2) is 42.3 Å². The molecular formula is C31H32BrNO6S. The van der Waals surface area contributed by atoms with Crippen molar-refractivity contribution in [1.29, 1.82) is 0 Å². The molecule has 4 saturated carbocycles. The third-order valence-corrected chi connectivity index (χ3v) is 10.2. The predicted octanol–water partition coefficient (Wildman–Crippen LogP) is 7.00. The molecule has 5 aliphatic rings. The zero-order chi connectivity index (χ0) is 28.0. The third-order valence-electron chi connectivity index (χ3n) is 8.69. The first kappa shape index (κ1) is 27.4. The molecule has 0 spiro atoms. The molecule has 4 bridgehead atoms. The Balaban J connectivity index is 1.14. The first-order valence-electron chi connectivity index (χ1n) is 13.8. The molecule has 1 heterocycles. The highest BCUT2D eigenvalue weighted by Gasteiger charge is 2.55. The van der Waals surface area contributed by atoms with E-state index in [1.807, 2.05) is 31.2 Å². The van der Waals surface area contributed by atoms with Gasteiger partial charge in [-0.05, 0) is 127 Å². The molecule has 1 saturated heterocycles. The van der Waals surface area contributed by atoms with Gasteiger partial charge in [-0.2, -0.15) is 0 Å². The topological polar surface area (TPSA) is 82.1 Å². The number of imide groups is 1. The fourth-order valence-corrected chi connectivity index (χ4v) is 8.62. The van der Waals surface area contributed by atoms with Crippen LogP contribution >= 0.6 is 27.7 Å². The molecular weight excluding hydrogens is 594 g/mol. The molecule has 4 aliphatic carbocycles. The number of ether oxygens (including phenoxy) is 3. The number of nitrogens with zero attached hydrogens (tertiary/aromatic N) is 1.